The molecule has 3 N–H and O–H groups in total. The van der Waals surface area contributed by atoms with E-state index in [0.29, 0.717) is 11.2 Å². The highest BCUT2D eigenvalue weighted by molar-refractivity contribution is 5.72. The van der Waals surface area contributed by atoms with Gasteiger partial charge < -0.3 is 15.2 Å². The van der Waals surface area contributed by atoms with Crippen LogP contribution in [0.5, 0.6) is 0 Å². The molecule has 0 amide bonds. The minimum absolute atomic E-state index is 0.127. The lowest BCUT2D eigenvalue weighted by Gasteiger charge is -2.02. The van der Waals surface area contributed by atoms with Crippen LogP contribution in [0.4, 0.5) is 0 Å². The first kappa shape index (κ1) is 9.53. The molecule has 0 radical (unpaired) electrons. The summed E-state index contributed by atoms with van der Waals surface area (Å²) in [5, 5.41) is 17.6. The number of imidazole rings is 1. The zero-order chi connectivity index (χ0) is 10.8. The van der Waals surface area contributed by atoms with Crippen LogP contribution >= 0.6 is 0 Å². The summed E-state index contributed by atoms with van der Waals surface area (Å²) in [5.74, 6) is -1.04. The Bertz CT molecular complexity index is 495. The van der Waals surface area contributed by atoms with Gasteiger partial charge in [-0.15, -0.1) is 0 Å². The van der Waals surface area contributed by atoms with Crippen molar-refractivity contribution in [3.63, 3.8) is 0 Å². The van der Waals surface area contributed by atoms with Crippen LogP contribution in [-0.4, -0.2) is 42.2 Å². The minimum Gasteiger partial charge on any atom is -0.479 e. The molecule has 7 heteroatoms. The normalized spacial score (nSPS) is 12.9. The number of H-pyrrole nitrogens is 1. The molecule has 0 aromatic carbocycles. The Morgan fingerprint density at radius 3 is 3.07 bits per heavy atom. The molecule has 1 unspecified atom stereocenters. The Kier molecular flexibility index (Phi) is 2.30. The van der Waals surface area contributed by atoms with Crippen LogP contribution in [0.1, 0.15) is 5.82 Å². The van der Waals surface area contributed by atoms with Gasteiger partial charge in [-0.1, -0.05) is 0 Å². The number of aliphatic carboxylic acids is 1. The maximum Gasteiger partial charge on any atom is 0.332 e. The smallest absolute Gasteiger partial charge is 0.332 e. The van der Waals surface area contributed by atoms with Crippen LogP contribution in [0.15, 0.2) is 12.5 Å². The molecule has 78 valence electrons. The summed E-state index contributed by atoms with van der Waals surface area (Å²) in [5.41, 5.74) is 1.13. The monoisotopic (exact) mass is 208 g/mol. The lowest BCUT2D eigenvalue weighted by Crippen LogP contribution is -2.23. The number of aromatic amines is 1. The van der Waals surface area contributed by atoms with E-state index in [9.17, 15) is 4.79 Å². The van der Waals surface area contributed by atoms with E-state index < -0.39 is 12.1 Å². The summed E-state index contributed by atoms with van der Waals surface area (Å²) in [6, 6.07) is 0. The van der Waals surface area contributed by atoms with Gasteiger partial charge in [0.2, 0.25) is 0 Å². The number of hydrogen-bond donors (Lipinski definition) is 3. The average Bonchev–Trinajstić information content (AvgIpc) is 2.64. The van der Waals surface area contributed by atoms with E-state index in [4.69, 9.17) is 10.2 Å². The van der Waals surface area contributed by atoms with Crippen molar-refractivity contribution in [3.05, 3.63) is 18.3 Å². The largest absolute Gasteiger partial charge is 0.479 e. The molecule has 0 aliphatic heterocycles. The standard InChI is InChI=1S/C8H8N4O3/c13-5(8(14)15)1-6-9-2-4-7(12-6)11-3-10-4/h2-3,5,13H,1H2,(H,14,15)(H,9,10,11,12). The van der Waals surface area contributed by atoms with Crippen molar-refractivity contribution < 1.29 is 15.0 Å². The van der Waals surface area contributed by atoms with Crippen LogP contribution in [0.2, 0.25) is 0 Å². The number of carbonyl (C=O) groups is 1. The van der Waals surface area contributed by atoms with Crippen molar-refractivity contribution in [2.75, 3.05) is 0 Å². The van der Waals surface area contributed by atoms with Gasteiger partial charge in [-0.2, -0.15) is 0 Å². The third-order valence-electron chi connectivity index (χ3n) is 1.89. The fourth-order valence-electron chi connectivity index (χ4n) is 1.13. The predicted octanol–water partition coefficient (Wildman–Crippen LogP) is -0.659. The summed E-state index contributed by atoms with van der Waals surface area (Å²) >= 11 is 0. The number of rotatable bonds is 3. The molecular formula is C8H8N4O3. The molecule has 2 aromatic rings. The molecule has 0 bridgehead atoms. The van der Waals surface area contributed by atoms with Gasteiger partial charge in [-0.3, -0.25) is 0 Å². The molecule has 0 aliphatic carbocycles. The number of aromatic nitrogens is 4. The summed E-state index contributed by atoms with van der Waals surface area (Å²) in [4.78, 5) is 25.0. The van der Waals surface area contributed by atoms with Crippen LogP contribution in [0.3, 0.4) is 0 Å². The Hall–Kier alpha value is -2.02. The van der Waals surface area contributed by atoms with Crippen molar-refractivity contribution in [3.8, 4) is 0 Å². The number of carboxylic acid groups (broad SMARTS) is 1. The third-order valence-corrected chi connectivity index (χ3v) is 1.89. The molecular weight excluding hydrogens is 200 g/mol. The first-order valence-corrected chi connectivity index (χ1v) is 4.22. The highest BCUT2D eigenvalue weighted by atomic mass is 16.4. The van der Waals surface area contributed by atoms with Crippen molar-refractivity contribution in [2.45, 2.75) is 12.5 Å². The lowest BCUT2D eigenvalue weighted by atomic mass is 10.2. The van der Waals surface area contributed by atoms with E-state index in [-0.39, 0.29) is 12.2 Å². The number of hydrogen-bond acceptors (Lipinski definition) is 5. The van der Waals surface area contributed by atoms with Crippen LogP contribution in [-0.2, 0) is 11.2 Å². The number of fused-ring (bicyclic) bond motifs is 1. The third kappa shape index (κ3) is 1.91. The van der Waals surface area contributed by atoms with E-state index in [2.05, 4.69) is 19.9 Å². The van der Waals surface area contributed by atoms with Crippen molar-refractivity contribution in [1.29, 1.82) is 0 Å². The van der Waals surface area contributed by atoms with Gasteiger partial charge >= 0.3 is 5.97 Å². The van der Waals surface area contributed by atoms with Crippen molar-refractivity contribution in [1.82, 2.24) is 19.9 Å². The summed E-state index contributed by atoms with van der Waals surface area (Å²) in [6.45, 7) is 0. The second kappa shape index (κ2) is 3.62. The van der Waals surface area contributed by atoms with Gasteiger partial charge in [0, 0.05) is 6.42 Å². The Morgan fingerprint density at radius 2 is 2.33 bits per heavy atom. The summed E-state index contributed by atoms with van der Waals surface area (Å²) < 4.78 is 0. The van der Waals surface area contributed by atoms with E-state index in [0.717, 1.165) is 0 Å². The molecule has 0 saturated carbocycles. The number of carboxylic acids is 1. The first-order chi connectivity index (χ1) is 7.16. The fourth-order valence-corrected chi connectivity index (χ4v) is 1.13. The highest BCUT2D eigenvalue weighted by Crippen LogP contribution is 2.05. The molecule has 2 heterocycles. The van der Waals surface area contributed by atoms with Crippen molar-refractivity contribution >= 4 is 17.1 Å². The van der Waals surface area contributed by atoms with Crippen molar-refractivity contribution in [2.24, 2.45) is 0 Å². The molecule has 0 spiro atoms. The predicted molar refractivity (Wildman–Crippen MR) is 49.0 cm³/mol. The maximum absolute atomic E-state index is 10.4. The molecule has 2 aromatic heterocycles. The Balaban J connectivity index is 2.24. The number of aliphatic hydroxyl groups excluding tert-OH is 1. The van der Waals surface area contributed by atoms with Gasteiger partial charge in [0.1, 0.15) is 11.3 Å². The molecule has 1 atom stereocenters. The Morgan fingerprint density at radius 1 is 1.53 bits per heavy atom. The molecule has 2 rings (SSSR count). The molecule has 0 saturated heterocycles. The van der Waals surface area contributed by atoms with E-state index >= 15 is 0 Å². The van der Waals surface area contributed by atoms with Gasteiger partial charge in [-0.05, 0) is 0 Å². The van der Waals surface area contributed by atoms with Gasteiger partial charge in [0.05, 0.1) is 12.5 Å². The van der Waals surface area contributed by atoms with Crippen LogP contribution in [0.25, 0.3) is 11.2 Å². The Labute approximate surface area is 83.8 Å². The lowest BCUT2D eigenvalue weighted by molar-refractivity contribution is -0.146. The summed E-state index contributed by atoms with van der Waals surface area (Å²) in [6.07, 6.45) is 1.36. The zero-order valence-electron chi connectivity index (χ0n) is 7.58. The summed E-state index contributed by atoms with van der Waals surface area (Å²) in [7, 11) is 0. The van der Waals surface area contributed by atoms with Gasteiger partial charge in [-0.25, -0.2) is 19.7 Å². The van der Waals surface area contributed by atoms with Crippen LogP contribution < -0.4 is 0 Å². The molecule has 7 nitrogen and oxygen atoms in total. The quantitative estimate of drug-likeness (QED) is 0.617. The van der Waals surface area contributed by atoms with E-state index in [1.807, 2.05) is 0 Å². The maximum atomic E-state index is 10.4. The second-order valence-electron chi connectivity index (χ2n) is 2.98. The van der Waals surface area contributed by atoms with E-state index in [1.165, 1.54) is 12.5 Å². The molecule has 0 fully saturated rings. The van der Waals surface area contributed by atoms with Gasteiger partial charge in [0.15, 0.2) is 11.8 Å². The number of aliphatic hydroxyl groups is 1. The first-order valence-electron chi connectivity index (χ1n) is 4.22. The SMILES string of the molecule is O=C(O)C(O)Cc1ncc2[nH]cnc2n1. The van der Waals surface area contributed by atoms with E-state index in [1.54, 1.807) is 0 Å². The molecule has 0 aliphatic rings. The second-order valence-corrected chi connectivity index (χ2v) is 2.98. The topological polar surface area (TPSA) is 112 Å². The number of nitrogens with one attached hydrogen (secondary N) is 1. The molecule has 15 heavy (non-hydrogen) atoms. The van der Waals surface area contributed by atoms with Gasteiger partial charge in [0.25, 0.3) is 0 Å². The number of nitrogens with zero attached hydrogens (tertiary/aromatic N) is 3. The zero-order valence-corrected chi connectivity index (χ0v) is 7.58. The minimum atomic E-state index is -1.48. The highest BCUT2D eigenvalue weighted by Gasteiger charge is 2.15. The average molecular weight is 208 g/mol. The van der Waals surface area contributed by atoms with Crippen LogP contribution in [0, 0.1) is 0 Å². The fraction of sp³-hybridized carbons (Fsp3) is 0.250.